The van der Waals surface area contributed by atoms with Crippen LogP contribution in [0.15, 0.2) is 12.7 Å². The van der Waals surface area contributed by atoms with Crippen molar-refractivity contribution in [3.05, 3.63) is 12.7 Å². The van der Waals surface area contributed by atoms with Crippen LogP contribution < -0.4 is 21.3 Å². The average Bonchev–Trinajstić information content (AvgIpc) is 3.33. The summed E-state index contributed by atoms with van der Waals surface area (Å²) in [5.41, 5.74) is 6.08. The number of ether oxygens (including phenoxy) is 2. The van der Waals surface area contributed by atoms with Gasteiger partial charge in [0.05, 0.1) is 12.9 Å². The first-order chi connectivity index (χ1) is 16.4. The second-order valence-corrected chi connectivity index (χ2v) is 8.61. The molecule has 0 saturated carbocycles. The quantitative estimate of drug-likeness (QED) is 0.162. The summed E-state index contributed by atoms with van der Waals surface area (Å²) in [5.74, 6) is -2.16. The number of phosphoric ester groups is 1. The predicted octanol–water partition coefficient (Wildman–Crippen LogP) is -3.30. The number of aliphatic hydroxyl groups is 1. The molecule has 0 spiro atoms. The van der Waals surface area contributed by atoms with Gasteiger partial charge in [0.1, 0.15) is 36.6 Å². The van der Waals surface area contributed by atoms with E-state index in [1.54, 1.807) is 0 Å². The van der Waals surface area contributed by atoms with E-state index in [0.29, 0.717) is 0 Å². The number of nitrogen functional groups attached to an aromatic ring is 1. The molecule has 6 N–H and O–H groups in total. The fourth-order valence-electron chi connectivity index (χ4n) is 3.42. The van der Waals surface area contributed by atoms with Gasteiger partial charge in [0.25, 0.3) is 7.82 Å². The highest BCUT2D eigenvalue weighted by Crippen LogP contribution is 2.42. The number of esters is 1. The first kappa shape index (κ1) is 26.4. The van der Waals surface area contributed by atoms with Crippen molar-refractivity contribution in [2.24, 2.45) is 0 Å². The first-order valence-electron chi connectivity index (χ1n) is 10.1. The van der Waals surface area contributed by atoms with Gasteiger partial charge in [0.2, 0.25) is 11.8 Å². The van der Waals surface area contributed by atoms with Gasteiger partial charge in [0.15, 0.2) is 23.8 Å². The monoisotopic (exact) mass is 516 g/mol. The molecule has 1 fully saturated rings. The minimum absolute atomic E-state index is 0.0298. The Kier molecular flexibility index (Phi) is 7.99. The van der Waals surface area contributed by atoms with Crippen LogP contribution in [0.4, 0.5) is 5.82 Å². The summed E-state index contributed by atoms with van der Waals surface area (Å²) in [6, 6.07) is -0.944. The highest BCUT2D eigenvalue weighted by Gasteiger charge is 2.50. The number of fused-ring (bicyclic) bond motifs is 1. The molecule has 17 nitrogen and oxygen atoms in total. The smallest absolute Gasteiger partial charge is 0.325 e. The lowest BCUT2D eigenvalue weighted by atomic mass is 10.1. The molecule has 2 aromatic heterocycles. The van der Waals surface area contributed by atoms with E-state index in [1.165, 1.54) is 24.7 Å². The molecule has 0 radical (unpaired) electrons. The van der Waals surface area contributed by atoms with Crippen molar-refractivity contribution in [3.8, 4) is 0 Å². The van der Waals surface area contributed by atoms with Gasteiger partial charge in [-0.2, -0.15) is 0 Å². The van der Waals surface area contributed by atoms with Gasteiger partial charge in [-0.25, -0.2) is 15.0 Å². The Labute approximate surface area is 197 Å². The highest BCUT2D eigenvalue weighted by molar-refractivity contribution is 7.44. The molecule has 18 heteroatoms. The Hall–Kier alpha value is -3.21. The van der Waals surface area contributed by atoms with Gasteiger partial charge in [-0.15, -0.1) is 0 Å². The molecule has 2 unspecified atom stereocenters. The summed E-state index contributed by atoms with van der Waals surface area (Å²) in [4.78, 5) is 68.2. The summed E-state index contributed by atoms with van der Waals surface area (Å²) in [7, 11) is -5.38. The molecule has 1 aliphatic rings. The van der Waals surface area contributed by atoms with Crippen molar-refractivity contribution in [1.82, 2.24) is 30.2 Å². The van der Waals surface area contributed by atoms with E-state index >= 15 is 0 Å². The predicted molar refractivity (Wildman–Crippen MR) is 112 cm³/mol. The van der Waals surface area contributed by atoms with Gasteiger partial charge < -0.3 is 45.3 Å². The zero-order chi connectivity index (χ0) is 25.9. The molecule has 2 amide bonds. The Balaban J connectivity index is 1.85. The fraction of sp³-hybridized carbons (Fsp3) is 0.529. The fourth-order valence-corrected chi connectivity index (χ4v) is 3.98. The van der Waals surface area contributed by atoms with Crippen LogP contribution >= 0.6 is 7.82 Å². The number of aliphatic hydroxyl groups excluding tert-OH is 1. The largest absolute Gasteiger partial charge is 0.756 e. The second-order valence-electron chi connectivity index (χ2n) is 7.46. The normalized spacial score (nSPS) is 24.5. The van der Waals surface area contributed by atoms with Crippen molar-refractivity contribution in [2.75, 3.05) is 18.9 Å². The van der Waals surface area contributed by atoms with Crippen molar-refractivity contribution in [2.45, 2.75) is 44.4 Å². The van der Waals surface area contributed by atoms with Gasteiger partial charge >= 0.3 is 5.97 Å². The number of carbonyl (C=O) groups excluding carboxylic acids is 3. The van der Waals surface area contributed by atoms with Crippen LogP contribution in [0.2, 0.25) is 0 Å². The zero-order valence-corrected chi connectivity index (χ0v) is 19.3. The maximum absolute atomic E-state index is 12.5. The Morgan fingerprint density at radius 3 is 2.69 bits per heavy atom. The van der Waals surface area contributed by atoms with E-state index in [9.17, 15) is 33.8 Å². The number of anilines is 1. The van der Waals surface area contributed by atoms with Gasteiger partial charge in [-0.05, 0) is 6.92 Å². The van der Waals surface area contributed by atoms with Crippen LogP contribution in [0.5, 0.6) is 0 Å². The number of hydrogen-bond acceptors (Lipinski definition) is 13. The maximum Gasteiger partial charge on any atom is 0.325 e. The number of phosphoric acid groups is 1. The number of imidazole rings is 1. The van der Waals surface area contributed by atoms with Crippen LogP contribution in [0.1, 0.15) is 20.1 Å². The van der Waals surface area contributed by atoms with E-state index in [4.69, 9.17) is 15.2 Å². The number of rotatable bonds is 9. The van der Waals surface area contributed by atoms with Gasteiger partial charge in [-0.3, -0.25) is 23.5 Å². The molecule has 2 aromatic rings. The molecule has 1 aliphatic heterocycles. The molecule has 0 aliphatic carbocycles. The minimum atomic E-state index is -5.38. The number of carbonyl (C=O) groups is 3. The summed E-state index contributed by atoms with van der Waals surface area (Å²) in [6.07, 6.45) is -3.58. The van der Waals surface area contributed by atoms with Crippen LogP contribution in [0, 0.1) is 0 Å². The Morgan fingerprint density at radius 1 is 1.34 bits per heavy atom. The van der Waals surface area contributed by atoms with Crippen molar-refractivity contribution < 1.29 is 47.8 Å². The molecule has 0 aromatic carbocycles. The number of aromatic nitrogens is 4. The number of nitrogens with zero attached hydrogens (tertiary/aromatic N) is 4. The summed E-state index contributed by atoms with van der Waals surface area (Å²) in [5, 5.41) is 14.3. The highest BCUT2D eigenvalue weighted by atomic mass is 31.2. The van der Waals surface area contributed by atoms with E-state index in [2.05, 4.69) is 30.1 Å². The van der Waals surface area contributed by atoms with E-state index in [1.807, 2.05) is 0 Å². The second kappa shape index (κ2) is 10.6. The first-order valence-corrected chi connectivity index (χ1v) is 11.6. The van der Waals surface area contributed by atoms with Gasteiger partial charge in [-0.1, -0.05) is 0 Å². The molecular formula is C17H23N7O10P-. The lowest BCUT2D eigenvalue weighted by Gasteiger charge is -2.28. The van der Waals surface area contributed by atoms with Crippen molar-refractivity contribution in [1.29, 1.82) is 0 Å². The molecule has 192 valence electrons. The third-order valence-corrected chi connectivity index (χ3v) is 5.38. The molecule has 3 rings (SSSR count). The van der Waals surface area contributed by atoms with Crippen LogP contribution in [0.25, 0.3) is 11.2 Å². The van der Waals surface area contributed by atoms with E-state index in [0.717, 1.165) is 6.33 Å². The molecule has 1 saturated heterocycles. The van der Waals surface area contributed by atoms with Crippen molar-refractivity contribution in [3.63, 3.8) is 0 Å². The average molecular weight is 516 g/mol. The van der Waals surface area contributed by atoms with Crippen LogP contribution in [-0.2, 0) is 32.9 Å². The van der Waals surface area contributed by atoms with E-state index in [-0.39, 0.29) is 17.0 Å². The lowest BCUT2D eigenvalue weighted by molar-refractivity contribution is -0.229. The number of hydrogen-bond donors (Lipinski definition) is 5. The zero-order valence-electron chi connectivity index (χ0n) is 18.4. The number of nitrogens with two attached hydrogens (primary N) is 1. The molecule has 6 atom stereocenters. The molecule has 3 heterocycles. The summed E-state index contributed by atoms with van der Waals surface area (Å²) >= 11 is 0. The van der Waals surface area contributed by atoms with Gasteiger partial charge in [0, 0.05) is 6.92 Å². The number of amides is 2. The Morgan fingerprint density at radius 2 is 2.06 bits per heavy atom. The lowest BCUT2D eigenvalue weighted by Crippen LogP contribution is -2.46. The summed E-state index contributed by atoms with van der Waals surface area (Å²) in [6.45, 7) is 1.16. The Bertz CT molecular complexity index is 1150. The molecular weight excluding hydrogens is 493 g/mol. The topological polar surface area (TPSA) is 253 Å². The maximum atomic E-state index is 12.5. The standard InChI is InChI=1S/C17H24N7O10P/c1-7(23-8(2)26)16(28)19-3-10(27)33-13-12(34-35(29,30)31)9(4-25)32-17(13)24-6-22-11-14(18)20-5-21-15(11)24/h5-7,9,12-13,17,25H,3-4H2,1-2H3,(H,19,28)(H,23,26)(H2,18,20,21)(H2,29,30,31)/p-1/t7?,9-,12-,13-,17-/m1/s1. The third-order valence-electron chi connectivity index (χ3n) is 4.87. The molecule has 35 heavy (non-hydrogen) atoms. The summed E-state index contributed by atoms with van der Waals surface area (Å²) < 4.78 is 28.3. The van der Waals surface area contributed by atoms with Crippen LogP contribution in [-0.4, -0.2) is 84.8 Å². The third kappa shape index (κ3) is 6.27. The van der Waals surface area contributed by atoms with Crippen molar-refractivity contribution >= 4 is 42.6 Å². The SMILES string of the molecule is CC(=O)NC(C)C(=O)NCC(=O)O[C@@H]1[C@H](OP(=O)([O-])O)[C@@H](CO)O[C@H]1n1cnc2c(N)ncnc21. The van der Waals surface area contributed by atoms with Crippen LogP contribution in [0.3, 0.4) is 0 Å². The van der Waals surface area contributed by atoms with E-state index < -0.39 is 69.3 Å². The minimum Gasteiger partial charge on any atom is -0.756 e. The number of nitrogens with one attached hydrogen (secondary N) is 2. The molecule has 0 bridgehead atoms.